The largest absolute Gasteiger partial charge is 0.497 e. The highest BCUT2D eigenvalue weighted by atomic mass is 32.2. The minimum Gasteiger partial charge on any atom is -0.497 e. The van der Waals surface area contributed by atoms with E-state index in [0.717, 1.165) is 16.8 Å². The average Bonchev–Trinajstić information content (AvgIpc) is 3.45. The van der Waals surface area contributed by atoms with Crippen molar-refractivity contribution >= 4 is 45.6 Å². The predicted octanol–water partition coefficient (Wildman–Crippen LogP) is 5.21. The van der Waals surface area contributed by atoms with Gasteiger partial charge in [0.2, 0.25) is 11.0 Å². The van der Waals surface area contributed by atoms with Gasteiger partial charge in [0.05, 0.1) is 37.5 Å². The average molecular weight is 603 g/mol. The van der Waals surface area contributed by atoms with Gasteiger partial charge in [-0.3, -0.25) is 14.5 Å². The molecule has 3 aromatic rings. The number of ketones is 1. The molecule has 0 saturated heterocycles. The Morgan fingerprint density at radius 1 is 1.17 bits per heavy atom. The Morgan fingerprint density at radius 2 is 1.98 bits per heavy atom. The van der Waals surface area contributed by atoms with Crippen molar-refractivity contribution in [3.8, 4) is 17.6 Å². The van der Waals surface area contributed by atoms with Crippen molar-refractivity contribution in [2.75, 3.05) is 30.2 Å². The number of benzene rings is 2. The van der Waals surface area contributed by atoms with Gasteiger partial charge in [0.15, 0.2) is 10.1 Å². The molecule has 0 bridgehead atoms. The minimum absolute atomic E-state index is 0.0495. The molecular weight excluding hydrogens is 573 g/mol. The number of nitriles is 1. The molecule has 2 aliphatic rings. The summed E-state index contributed by atoms with van der Waals surface area (Å²) in [6.45, 7) is 4.02. The van der Waals surface area contributed by atoms with Crippen LogP contribution in [0.2, 0.25) is 0 Å². The summed E-state index contributed by atoms with van der Waals surface area (Å²) in [6, 6.07) is 13.3. The van der Waals surface area contributed by atoms with Gasteiger partial charge < -0.3 is 20.5 Å². The van der Waals surface area contributed by atoms with Crippen LogP contribution in [0.3, 0.4) is 0 Å². The monoisotopic (exact) mass is 602 g/mol. The molecule has 0 spiro atoms. The summed E-state index contributed by atoms with van der Waals surface area (Å²) in [6.07, 6.45) is 1.60. The number of nitrogens with two attached hydrogens (primary N) is 1. The summed E-state index contributed by atoms with van der Waals surface area (Å²) in [5, 5.41) is 22.3. The lowest BCUT2D eigenvalue weighted by molar-refractivity contribution is -0.116. The number of methoxy groups -OCH3 is 2. The van der Waals surface area contributed by atoms with E-state index in [4.69, 9.17) is 15.2 Å². The van der Waals surface area contributed by atoms with Crippen molar-refractivity contribution in [3.63, 3.8) is 0 Å². The molecule has 1 aliphatic carbocycles. The van der Waals surface area contributed by atoms with Gasteiger partial charge in [-0.15, -0.1) is 10.2 Å². The minimum atomic E-state index is -0.689. The Balaban J connectivity index is 1.44. The van der Waals surface area contributed by atoms with E-state index in [9.17, 15) is 14.9 Å². The second-order valence-corrected chi connectivity index (χ2v) is 12.1. The van der Waals surface area contributed by atoms with E-state index in [0.29, 0.717) is 57.1 Å². The Morgan fingerprint density at radius 3 is 2.69 bits per heavy atom. The molecule has 42 heavy (non-hydrogen) atoms. The Kier molecular flexibility index (Phi) is 8.51. The van der Waals surface area contributed by atoms with Gasteiger partial charge in [-0.1, -0.05) is 35.2 Å². The number of hydrogen-bond acceptors (Lipinski definition) is 11. The molecule has 0 saturated carbocycles. The maximum absolute atomic E-state index is 13.4. The van der Waals surface area contributed by atoms with Crippen LogP contribution in [0, 0.1) is 25.2 Å². The van der Waals surface area contributed by atoms with Crippen LogP contribution in [-0.4, -0.2) is 41.9 Å². The molecule has 3 N–H and O–H groups in total. The van der Waals surface area contributed by atoms with Crippen molar-refractivity contribution in [2.45, 2.75) is 43.4 Å². The molecule has 0 radical (unpaired) electrons. The first kappa shape index (κ1) is 29.2. The SMILES string of the molecule is COc1ccc(C2C(C#N)=C(N)N(c3nnc(SCC(=O)Nc4ccc(C)c(C)c4)s3)C3=C2C(=O)CCC3)c(OC)c1. The van der Waals surface area contributed by atoms with Crippen molar-refractivity contribution in [2.24, 2.45) is 5.73 Å². The van der Waals surface area contributed by atoms with Crippen molar-refractivity contribution in [3.05, 3.63) is 75.8 Å². The molecule has 1 aromatic heterocycles. The fraction of sp³-hybridized carbons (Fsp3) is 0.300. The van der Waals surface area contributed by atoms with Gasteiger partial charge in [-0.2, -0.15) is 5.26 Å². The van der Waals surface area contributed by atoms with Crippen LogP contribution in [0.4, 0.5) is 10.8 Å². The number of allylic oxidation sites excluding steroid dienone is 3. The number of rotatable bonds is 8. The molecule has 12 heteroatoms. The zero-order chi connectivity index (χ0) is 30.0. The highest BCUT2D eigenvalue weighted by Crippen LogP contribution is 2.49. The third-order valence-electron chi connectivity index (χ3n) is 7.37. The number of anilines is 2. The molecule has 1 aliphatic heterocycles. The molecule has 2 aromatic carbocycles. The van der Waals surface area contributed by atoms with Crippen LogP contribution < -0.4 is 25.4 Å². The number of carbonyl (C=O) groups is 2. The molecule has 1 atom stereocenters. The first-order chi connectivity index (χ1) is 20.2. The number of carbonyl (C=O) groups excluding carboxylic acids is 2. The lowest BCUT2D eigenvalue weighted by atomic mass is 9.75. The van der Waals surface area contributed by atoms with Gasteiger partial charge >= 0.3 is 0 Å². The van der Waals surface area contributed by atoms with E-state index in [1.165, 1.54) is 30.2 Å². The van der Waals surface area contributed by atoms with Crippen molar-refractivity contribution in [1.29, 1.82) is 5.26 Å². The lowest BCUT2D eigenvalue weighted by Gasteiger charge is -2.38. The van der Waals surface area contributed by atoms with Gasteiger partial charge in [0.1, 0.15) is 17.3 Å². The molecule has 5 rings (SSSR count). The maximum atomic E-state index is 13.4. The molecule has 0 fully saturated rings. The molecular formula is C30H30N6O4S2. The quantitative estimate of drug-likeness (QED) is 0.330. The number of nitrogens with one attached hydrogen (secondary N) is 1. The summed E-state index contributed by atoms with van der Waals surface area (Å²) in [4.78, 5) is 27.7. The van der Waals surface area contributed by atoms with Crippen LogP contribution in [-0.2, 0) is 9.59 Å². The fourth-order valence-electron chi connectivity index (χ4n) is 5.17. The zero-order valence-electron chi connectivity index (χ0n) is 23.7. The van der Waals surface area contributed by atoms with Crippen LogP contribution in [0.25, 0.3) is 0 Å². The predicted molar refractivity (Wildman–Crippen MR) is 163 cm³/mol. The molecule has 216 valence electrons. The second-order valence-electron chi connectivity index (χ2n) is 9.91. The summed E-state index contributed by atoms with van der Waals surface area (Å²) in [5.74, 6) is 0.512. The van der Waals surface area contributed by atoms with Crippen molar-refractivity contribution in [1.82, 2.24) is 10.2 Å². The Labute approximate surface area is 252 Å². The number of nitrogens with zero attached hydrogens (tertiary/aromatic N) is 4. The number of amides is 1. The van der Waals surface area contributed by atoms with Gasteiger partial charge in [0, 0.05) is 35.0 Å². The standard InChI is InChI=1S/C30H30N6O4S2/c1-16-8-9-18(12-17(16)2)33-25(38)15-41-30-35-34-29(42-30)36-22-6-5-7-23(37)27(22)26(21(14-31)28(36)32)20-11-10-19(39-3)13-24(20)40-4/h8-13,26H,5-7,15,32H2,1-4H3,(H,33,38). The first-order valence-corrected chi connectivity index (χ1v) is 15.1. The molecule has 1 amide bonds. The molecule has 10 nitrogen and oxygen atoms in total. The number of aryl methyl sites for hydroxylation is 2. The maximum Gasteiger partial charge on any atom is 0.234 e. The summed E-state index contributed by atoms with van der Waals surface area (Å²) >= 11 is 2.51. The fourth-order valence-corrected chi connectivity index (χ4v) is 6.85. The highest BCUT2D eigenvalue weighted by Gasteiger charge is 2.42. The number of thioether (sulfide) groups is 1. The van der Waals surface area contributed by atoms with E-state index in [1.807, 2.05) is 32.0 Å². The van der Waals surface area contributed by atoms with Gasteiger partial charge in [-0.05, 0) is 56.0 Å². The highest BCUT2D eigenvalue weighted by molar-refractivity contribution is 8.01. The Hall–Kier alpha value is -4.34. The smallest absolute Gasteiger partial charge is 0.234 e. The number of aromatic nitrogens is 2. The van der Waals surface area contributed by atoms with Crippen LogP contribution in [0.1, 0.15) is 41.9 Å². The number of hydrogen-bond donors (Lipinski definition) is 2. The zero-order valence-corrected chi connectivity index (χ0v) is 25.3. The van der Waals surface area contributed by atoms with E-state index in [1.54, 1.807) is 30.2 Å². The van der Waals surface area contributed by atoms with Gasteiger partial charge in [-0.25, -0.2) is 0 Å². The van der Waals surface area contributed by atoms with E-state index >= 15 is 0 Å². The van der Waals surface area contributed by atoms with E-state index in [2.05, 4.69) is 21.6 Å². The van der Waals surface area contributed by atoms with E-state index in [-0.39, 0.29) is 28.8 Å². The van der Waals surface area contributed by atoms with Gasteiger partial charge in [0.25, 0.3) is 0 Å². The molecule has 2 heterocycles. The second kappa shape index (κ2) is 12.3. The van der Waals surface area contributed by atoms with Crippen LogP contribution in [0.15, 0.2) is 63.4 Å². The van der Waals surface area contributed by atoms with Crippen molar-refractivity contribution < 1.29 is 19.1 Å². The Bertz CT molecular complexity index is 1670. The summed E-state index contributed by atoms with van der Waals surface area (Å²) in [5.41, 5.74) is 11.8. The molecule has 1 unspecified atom stereocenters. The van der Waals surface area contributed by atoms with Crippen LogP contribution >= 0.6 is 23.1 Å². The third kappa shape index (κ3) is 5.57. The number of ether oxygens (including phenoxy) is 2. The number of Topliss-reactive ketones (excluding diaryl/α,β-unsaturated/α-hetero) is 1. The topological polar surface area (TPSA) is 143 Å². The summed E-state index contributed by atoms with van der Waals surface area (Å²) < 4.78 is 11.5. The first-order valence-electron chi connectivity index (χ1n) is 13.3. The van der Waals surface area contributed by atoms with Crippen LogP contribution in [0.5, 0.6) is 11.5 Å². The lowest BCUT2D eigenvalue weighted by Crippen LogP contribution is -2.38. The summed E-state index contributed by atoms with van der Waals surface area (Å²) in [7, 11) is 3.09. The third-order valence-corrected chi connectivity index (χ3v) is 9.41. The van der Waals surface area contributed by atoms with E-state index < -0.39 is 5.92 Å². The normalized spacial score (nSPS) is 16.7.